The highest BCUT2D eigenvalue weighted by atomic mass is 79.9. The quantitative estimate of drug-likeness (QED) is 0.205. The lowest BCUT2D eigenvalue weighted by Gasteiger charge is -2.23. The third-order valence-corrected chi connectivity index (χ3v) is 6.12. The van der Waals surface area contributed by atoms with E-state index in [2.05, 4.69) is 11.8 Å². The molecule has 0 spiro atoms. The van der Waals surface area contributed by atoms with Crippen molar-refractivity contribution in [2.75, 3.05) is 18.0 Å². The zero-order valence-electron chi connectivity index (χ0n) is 20.0. The third kappa shape index (κ3) is 8.61. The van der Waals surface area contributed by atoms with E-state index in [0.717, 1.165) is 48.0 Å². The summed E-state index contributed by atoms with van der Waals surface area (Å²) in [6.07, 6.45) is 11.5. The summed E-state index contributed by atoms with van der Waals surface area (Å²) in [7, 11) is 0. The van der Waals surface area contributed by atoms with Crippen LogP contribution in [0.3, 0.4) is 0 Å². The van der Waals surface area contributed by atoms with Gasteiger partial charge in [0, 0.05) is 42.2 Å². The van der Waals surface area contributed by atoms with Crippen LogP contribution >= 0.6 is 17.0 Å². The molecule has 0 unspecified atom stereocenters. The molecule has 6 heteroatoms. The molecular weight excluding hydrogens is 470 g/mol. The molecule has 1 aromatic heterocycles. The number of halogens is 1. The number of aliphatic carboxylic acids is 1. The molecule has 180 valence electrons. The maximum absolute atomic E-state index is 12.6. The molecule has 1 aromatic carbocycles. The number of carbonyl (C=O) groups is 1. The van der Waals surface area contributed by atoms with E-state index in [1.54, 1.807) is 0 Å². The molecule has 2 aromatic rings. The molecule has 0 aliphatic rings. The van der Waals surface area contributed by atoms with Gasteiger partial charge >= 0.3 is 11.6 Å². The van der Waals surface area contributed by atoms with Gasteiger partial charge in [-0.1, -0.05) is 51.9 Å². The van der Waals surface area contributed by atoms with Crippen LogP contribution in [0.5, 0.6) is 0 Å². The van der Waals surface area contributed by atoms with Gasteiger partial charge in [-0.3, -0.25) is 4.79 Å². The van der Waals surface area contributed by atoms with Crippen LogP contribution in [0.1, 0.15) is 89.2 Å². The number of carboxylic acid groups (broad SMARTS) is 1. The van der Waals surface area contributed by atoms with Crippen molar-refractivity contribution in [1.82, 2.24) is 0 Å². The van der Waals surface area contributed by atoms with Crippen molar-refractivity contribution in [2.24, 2.45) is 0 Å². The Morgan fingerprint density at radius 2 is 1.66 bits per heavy atom. The van der Waals surface area contributed by atoms with Gasteiger partial charge in [0.25, 0.3) is 0 Å². The number of anilines is 1. The molecule has 5 nitrogen and oxygen atoms in total. The maximum Gasteiger partial charge on any atom is 0.339 e. The maximum atomic E-state index is 12.6. The van der Waals surface area contributed by atoms with E-state index < -0.39 is 5.97 Å². The summed E-state index contributed by atoms with van der Waals surface area (Å²) >= 11 is 0. The summed E-state index contributed by atoms with van der Waals surface area (Å²) in [5, 5.41) is 9.85. The lowest BCUT2D eigenvalue weighted by Crippen LogP contribution is -2.24. The first-order valence-electron chi connectivity index (χ1n) is 12.0. The van der Waals surface area contributed by atoms with Gasteiger partial charge in [0.05, 0.1) is 0 Å². The number of carboxylic acids is 1. The van der Waals surface area contributed by atoms with Crippen LogP contribution in [-0.2, 0) is 11.2 Å². The molecule has 0 fully saturated rings. The summed E-state index contributed by atoms with van der Waals surface area (Å²) < 4.78 is 5.70. The van der Waals surface area contributed by atoms with Crippen molar-refractivity contribution in [3.63, 3.8) is 0 Å². The van der Waals surface area contributed by atoms with E-state index in [4.69, 9.17) is 9.52 Å². The molecule has 0 aliphatic heterocycles. The first-order chi connectivity index (χ1) is 15.0. The zero-order valence-corrected chi connectivity index (χ0v) is 21.7. The van der Waals surface area contributed by atoms with E-state index in [-0.39, 0.29) is 29.0 Å². The molecule has 0 aliphatic carbocycles. The molecule has 2 rings (SSSR count). The van der Waals surface area contributed by atoms with Crippen LogP contribution in [0.4, 0.5) is 5.69 Å². The minimum absolute atomic E-state index is 0. The van der Waals surface area contributed by atoms with E-state index in [0.29, 0.717) is 18.5 Å². The van der Waals surface area contributed by atoms with Crippen molar-refractivity contribution in [1.29, 1.82) is 0 Å². The average molecular weight is 511 g/mol. The monoisotopic (exact) mass is 509 g/mol. The van der Waals surface area contributed by atoms with Crippen molar-refractivity contribution in [3.8, 4) is 0 Å². The van der Waals surface area contributed by atoms with Gasteiger partial charge in [-0.2, -0.15) is 0 Å². The number of rotatable bonds is 15. The van der Waals surface area contributed by atoms with E-state index in [1.165, 1.54) is 38.5 Å². The first kappa shape index (κ1) is 28.2. The molecule has 0 atom stereocenters. The fourth-order valence-corrected chi connectivity index (χ4v) is 4.20. The molecule has 0 amide bonds. The molecule has 0 saturated carbocycles. The molecular formula is C26H40BrNO4. The van der Waals surface area contributed by atoms with Crippen LogP contribution in [0.2, 0.25) is 0 Å². The number of hydrogen-bond acceptors (Lipinski definition) is 4. The largest absolute Gasteiger partial charge is 0.481 e. The summed E-state index contributed by atoms with van der Waals surface area (Å²) in [6, 6.07) is 5.98. The number of benzene rings is 1. The van der Waals surface area contributed by atoms with Crippen LogP contribution in [0, 0.1) is 6.92 Å². The number of unbranched alkanes of at least 4 members (excludes halogenated alkanes) is 7. The molecule has 1 heterocycles. The highest BCUT2D eigenvalue weighted by Crippen LogP contribution is 2.26. The number of fused-ring (bicyclic) bond motifs is 1. The smallest absolute Gasteiger partial charge is 0.339 e. The van der Waals surface area contributed by atoms with Gasteiger partial charge in [0.15, 0.2) is 0 Å². The predicted octanol–water partition coefficient (Wildman–Crippen LogP) is 7.05. The van der Waals surface area contributed by atoms with E-state index >= 15 is 0 Å². The van der Waals surface area contributed by atoms with Crippen molar-refractivity contribution in [2.45, 2.75) is 91.4 Å². The molecule has 0 bridgehead atoms. The topological polar surface area (TPSA) is 70.8 Å². The second kappa shape index (κ2) is 15.1. The minimum Gasteiger partial charge on any atom is -0.481 e. The normalized spacial score (nSPS) is 10.8. The number of aryl methyl sites for hydroxylation is 1. The summed E-state index contributed by atoms with van der Waals surface area (Å²) in [5.74, 6) is -0.778. The van der Waals surface area contributed by atoms with Gasteiger partial charge in [0.1, 0.15) is 5.58 Å². The second-order valence-corrected chi connectivity index (χ2v) is 8.48. The summed E-state index contributed by atoms with van der Waals surface area (Å²) in [6.45, 7) is 7.72. The van der Waals surface area contributed by atoms with Crippen LogP contribution in [0.25, 0.3) is 11.0 Å². The van der Waals surface area contributed by atoms with Gasteiger partial charge in [-0.25, -0.2) is 4.79 Å². The average Bonchev–Trinajstić information content (AvgIpc) is 2.74. The van der Waals surface area contributed by atoms with Crippen LogP contribution in [-0.4, -0.2) is 24.2 Å². The summed E-state index contributed by atoms with van der Waals surface area (Å²) in [5.41, 5.74) is 3.17. The van der Waals surface area contributed by atoms with Crippen LogP contribution in [0.15, 0.2) is 27.4 Å². The SMILES string of the molecule is Br.CCCCCCCCCCc1c(C)c2ccc(N(CC)CCCC(=O)O)cc2oc1=O. The molecule has 0 saturated heterocycles. The van der Waals surface area contributed by atoms with E-state index in [1.807, 2.05) is 32.0 Å². The lowest BCUT2D eigenvalue weighted by molar-refractivity contribution is -0.137. The van der Waals surface area contributed by atoms with E-state index in [9.17, 15) is 9.59 Å². The highest BCUT2D eigenvalue weighted by Gasteiger charge is 2.13. The Hall–Kier alpha value is -1.82. The van der Waals surface area contributed by atoms with Crippen molar-refractivity contribution >= 4 is 39.6 Å². The van der Waals surface area contributed by atoms with Crippen molar-refractivity contribution < 1.29 is 14.3 Å². The third-order valence-electron chi connectivity index (χ3n) is 6.12. The van der Waals surface area contributed by atoms with Gasteiger partial charge in [0.2, 0.25) is 0 Å². The fourth-order valence-electron chi connectivity index (χ4n) is 4.20. The van der Waals surface area contributed by atoms with Gasteiger partial charge in [-0.15, -0.1) is 17.0 Å². The lowest BCUT2D eigenvalue weighted by atomic mass is 10.00. The summed E-state index contributed by atoms with van der Waals surface area (Å²) in [4.78, 5) is 25.5. The van der Waals surface area contributed by atoms with Gasteiger partial charge < -0.3 is 14.4 Å². The fraction of sp³-hybridized carbons (Fsp3) is 0.615. The van der Waals surface area contributed by atoms with Crippen LogP contribution < -0.4 is 10.5 Å². The van der Waals surface area contributed by atoms with Gasteiger partial charge in [-0.05, 0) is 50.8 Å². The Morgan fingerprint density at radius 3 is 2.28 bits per heavy atom. The zero-order chi connectivity index (χ0) is 22.6. The predicted molar refractivity (Wildman–Crippen MR) is 139 cm³/mol. The second-order valence-electron chi connectivity index (χ2n) is 8.48. The Bertz CT molecular complexity index is 893. The number of nitrogens with zero attached hydrogens (tertiary/aromatic N) is 1. The highest BCUT2D eigenvalue weighted by molar-refractivity contribution is 8.93. The molecule has 32 heavy (non-hydrogen) atoms. The molecule has 0 radical (unpaired) electrons. The Balaban J connectivity index is 0.00000512. The first-order valence-corrected chi connectivity index (χ1v) is 12.0. The molecule has 1 N–H and O–H groups in total. The van der Waals surface area contributed by atoms with Crippen molar-refractivity contribution in [3.05, 3.63) is 39.7 Å². The minimum atomic E-state index is -0.778. The Labute approximate surface area is 203 Å². The standard InChI is InChI=1S/C26H39NO4.BrH/c1-4-6-7-8-9-10-11-12-14-23-20(3)22-17-16-21(19-24(22)31-26(23)30)27(5-2)18-13-15-25(28)29;/h16-17,19H,4-15,18H2,1-3H3,(H,28,29);1H. The number of hydrogen-bond donors (Lipinski definition) is 1. The Kier molecular flexibility index (Phi) is 13.3. The Morgan fingerprint density at radius 1 is 1.00 bits per heavy atom.